The third-order valence-electron chi connectivity index (χ3n) is 3.36. The minimum atomic E-state index is -1.00. The van der Waals surface area contributed by atoms with Crippen LogP contribution in [-0.4, -0.2) is 5.78 Å². The second-order valence-electron chi connectivity index (χ2n) is 4.73. The lowest BCUT2D eigenvalue weighted by atomic mass is 9.94. The molecule has 0 amide bonds. The summed E-state index contributed by atoms with van der Waals surface area (Å²) in [6.45, 7) is 0. The van der Waals surface area contributed by atoms with Crippen molar-refractivity contribution in [2.75, 3.05) is 0 Å². The summed E-state index contributed by atoms with van der Waals surface area (Å²) in [7, 11) is 0. The van der Waals surface area contributed by atoms with Gasteiger partial charge in [0.2, 0.25) is 0 Å². The molecule has 1 aliphatic carbocycles. The molecule has 19 heavy (non-hydrogen) atoms. The van der Waals surface area contributed by atoms with Crippen LogP contribution in [0, 0.1) is 11.6 Å². The number of halogens is 3. The van der Waals surface area contributed by atoms with E-state index in [0.29, 0.717) is 12.0 Å². The van der Waals surface area contributed by atoms with Crippen molar-refractivity contribution in [2.45, 2.75) is 38.5 Å². The smallest absolute Gasteiger partial charge is 0.189 e. The predicted octanol–water partition coefficient (Wildman–Crippen LogP) is 5.19. The molecule has 0 unspecified atom stereocenters. The number of rotatable bonds is 2. The minimum Gasteiger partial charge on any atom is -0.289 e. The molecule has 0 saturated carbocycles. The summed E-state index contributed by atoms with van der Waals surface area (Å²) < 4.78 is 26.4. The Morgan fingerprint density at radius 1 is 1.11 bits per heavy atom. The Bertz CT molecular complexity index is 523. The molecule has 1 aliphatic rings. The summed E-state index contributed by atoms with van der Waals surface area (Å²) in [6, 6.07) is 2.33. The monoisotopic (exact) mass is 328 g/mol. The summed E-state index contributed by atoms with van der Waals surface area (Å²) >= 11 is 2.97. The van der Waals surface area contributed by atoms with E-state index in [-0.39, 0.29) is 15.8 Å². The maximum absolute atomic E-state index is 13.5. The first-order chi connectivity index (χ1) is 9.11. The summed E-state index contributed by atoms with van der Waals surface area (Å²) in [4.78, 5) is 12.4. The molecule has 0 aromatic heterocycles. The molecule has 102 valence electrons. The van der Waals surface area contributed by atoms with E-state index in [9.17, 15) is 13.6 Å². The van der Waals surface area contributed by atoms with Gasteiger partial charge < -0.3 is 0 Å². The van der Waals surface area contributed by atoms with Gasteiger partial charge in [0.15, 0.2) is 17.4 Å². The molecule has 0 heterocycles. The zero-order valence-electron chi connectivity index (χ0n) is 10.5. The van der Waals surface area contributed by atoms with E-state index in [2.05, 4.69) is 15.9 Å². The Morgan fingerprint density at radius 2 is 1.84 bits per heavy atom. The molecule has 1 aromatic carbocycles. The number of carbonyl (C=O) groups is 1. The first-order valence-electron chi connectivity index (χ1n) is 6.48. The molecular weight excluding hydrogens is 314 g/mol. The highest BCUT2D eigenvalue weighted by Gasteiger charge is 2.19. The lowest BCUT2D eigenvalue weighted by molar-refractivity contribution is 0.102. The highest BCUT2D eigenvalue weighted by Crippen LogP contribution is 2.27. The van der Waals surface area contributed by atoms with Gasteiger partial charge in [0.1, 0.15) is 0 Å². The molecule has 0 spiro atoms. The van der Waals surface area contributed by atoms with Gasteiger partial charge in [-0.2, -0.15) is 0 Å². The lowest BCUT2D eigenvalue weighted by Crippen LogP contribution is -2.07. The number of hydrogen-bond acceptors (Lipinski definition) is 1. The van der Waals surface area contributed by atoms with Crippen molar-refractivity contribution in [3.05, 3.63) is 45.5 Å². The van der Waals surface area contributed by atoms with Gasteiger partial charge in [-0.25, -0.2) is 8.78 Å². The molecule has 0 aliphatic heterocycles. The number of ketones is 1. The van der Waals surface area contributed by atoms with Crippen LogP contribution in [-0.2, 0) is 0 Å². The lowest BCUT2D eigenvalue weighted by Gasteiger charge is -2.12. The van der Waals surface area contributed by atoms with E-state index in [1.165, 1.54) is 12.5 Å². The molecule has 0 radical (unpaired) electrons. The Hall–Kier alpha value is -1.03. The standard InChI is InChI=1S/C15H15BrF2O/c16-13-11(8-9-12(17)14(13)18)15(19)10-6-4-2-1-3-5-7-10/h6,8-9H,1-5,7H2/b10-6+. The maximum Gasteiger partial charge on any atom is 0.189 e. The fourth-order valence-corrected chi connectivity index (χ4v) is 2.77. The van der Waals surface area contributed by atoms with Crippen LogP contribution in [0.25, 0.3) is 0 Å². The molecule has 1 nitrogen and oxygen atoms in total. The Balaban J connectivity index is 2.30. The average molecular weight is 329 g/mol. The molecule has 4 heteroatoms. The molecular formula is C15H15BrF2O. The topological polar surface area (TPSA) is 17.1 Å². The van der Waals surface area contributed by atoms with Gasteiger partial charge in [-0.3, -0.25) is 4.79 Å². The summed E-state index contributed by atoms with van der Waals surface area (Å²) in [5, 5.41) is 0. The summed E-state index contributed by atoms with van der Waals surface area (Å²) in [6.07, 6.45) is 7.88. The molecule has 0 bridgehead atoms. The molecule has 0 N–H and O–H groups in total. The molecule has 1 aromatic rings. The van der Waals surface area contributed by atoms with Crippen LogP contribution in [0.4, 0.5) is 8.78 Å². The van der Waals surface area contributed by atoms with E-state index in [4.69, 9.17) is 0 Å². The van der Waals surface area contributed by atoms with Crippen molar-refractivity contribution in [3.63, 3.8) is 0 Å². The molecule has 0 fully saturated rings. The Labute approximate surface area is 119 Å². The molecule has 2 rings (SSSR count). The molecule has 0 saturated heterocycles. The van der Waals surface area contributed by atoms with Crippen molar-refractivity contribution >= 4 is 21.7 Å². The van der Waals surface area contributed by atoms with Crippen LogP contribution in [0.15, 0.2) is 28.3 Å². The van der Waals surface area contributed by atoms with Gasteiger partial charge in [0.25, 0.3) is 0 Å². The fraction of sp³-hybridized carbons (Fsp3) is 0.400. The van der Waals surface area contributed by atoms with Gasteiger partial charge in [0, 0.05) is 5.56 Å². The van der Waals surface area contributed by atoms with Crippen molar-refractivity contribution < 1.29 is 13.6 Å². The predicted molar refractivity (Wildman–Crippen MR) is 74.2 cm³/mol. The van der Waals surface area contributed by atoms with Crippen molar-refractivity contribution in [1.29, 1.82) is 0 Å². The summed E-state index contributed by atoms with van der Waals surface area (Å²) in [5.41, 5.74) is 0.914. The van der Waals surface area contributed by atoms with E-state index in [1.54, 1.807) is 0 Å². The van der Waals surface area contributed by atoms with Crippen molar-refractivity contribution in [2.24, 2.45) is 0 Å². The average Bonchev–Trinajstić information content (AvgIpc) is 2.35. The van der Waals surface area contributed by atoms with Gasteiger partial charge >= 0.3 is 0 Å². The largest absolute Gasteiger partial charge is 0.289 e. The third kappa shape index (κ3) is 3.30. The van der Waals surface area contributed by atoms with Gasteiger partial charge in [-0.15, -0.1) is 0 Å². The number of allylic oxidation sites excluding steroid dienone is 2. The SMILES string of the molecule is O=C(/C1=C/CCCCCC1)c1ccc(F)c(F)c1Br. The number of hydrogen-bond donors (Lipinski definition) is 0. The van der Waals surface area contributed by atoms with E-state index >= 15 is 0 Å². The third-order valence-corrected chi connectivity index (χ3v) is 4.14. The quantitative estimate of drug-likeness (QED) is 0.539. The normalized spacial score (nSPS) is 19.2. The van der Waals surface area contributed by atoms with Crippen LogP contribution < -0.4 is 0 Å². The second kappa shape index (κ2) is 6.42. The van der Waals surface area contributed by atoms with Crippen LogP contribution in [0.2, 0.25) is 0 Å². The van der Waals surface area contributed by atoms with Crippen LogP contribution in [0.3, 0.4) is 0 Å². The maximum atomic E-state index is 13.5. The highest BCUT2D eigenvalue weighted by molar-refractivity contribution is 9.10. The second-order valence-corrected chi connectivity index (χ2v) is 5.53. The van der Waals surface area contributed by atoms with Crippen LogP contribution in [0.5, 0.6) is 0 Å². The first-order valence-corrected chi connectivity index (χ1v) is 7.28. The Morgan fingerprint density at radius 3 is 2.63 bits per heavy atom. The van der Waals surface area contributed by atoms with Gasteiger partial charge in [0.05, 0.1) is 4.47 Å². The number of Topliss-reactive ketones (excluding diaryl/α,β-unsaturated/α-hetero) is 1. The number of carbonyl (C=O) groups excluding carboxylic acids is 1. The van der Waals surface area contributed by atoms with Gasteiger partial charge in [-0.1, -0.05) is 18.9 Å². The summed E-state index contributed by atoms with van der Waals surface area (Å²) in [5.74, 6) is -2.15. The highest BCUT2D eigenvalue weighted by atomic mass is 79.9. The van der Waals surface area contributed by atoms with E-state index in [0.717, 1.165) is 31.7 Å². The zero-order valence-corrected chi connectivity index (χ0v) is 12.1. The van der Waals surface area contributed by atoms with E-state index in [1.807, 2.05) is 6.08 Å². The van der Waals surface area contributed by atoms with Gasteiger partial charge in [-0.05, 0) is 59.3 Å². The minimum absolute atomic E-state index is 0.0829. The molecule has 0 atom stereocenters. The first kappa shape index (κ1) is 14.4. The van der Waals surface area contributed by atoms with Crippen LogP contribution in [0.1, 0.15) is 48.9 Å². The van der Waals surface area contributed by atoms with E-state index < -0.39 is 11.6 Å². The zero-order chi connectivity index (χ0) is 13.8. The fourth-order valence-electron chi connectivity index (χ4n) is 2.27. The van der Waals surface area contributed by atoms with Crippen molar-refractivity contribution in [3.8, 4) is 0 Å². The Kier molecular flexibility index (Phi) is 4.86. The van der Waals surface area contributed by atoms with Crippen molar-refractivity contribution in [1.82, 2.24) is 0 Å². The van der Waals surface area contributed by atoms with Crippen LogP contribution >= 0.6 is 15.9 Å². The number of benzene rings is 1.